The Morgan fingerprint density at radius 2 is 1.31 bits per heavy atom. The Balaban J connectivity index is 0.000000212. The molecule has 0 saturated carbocycles. The molecule has 6 aromatic rings. The van der Waals surface area contributed by atoms with E-state index in [9.17, 15) is 14.4 Å². The molecule has 0 atom stereocenters. The van der Waals surface area contributed by atoms with Crippen LogP contribution in [0.4, 0.5) is 22.1 Å². The predicted molar refractivity (Wildman–Crippen MR) is 284 cm³/mol. The molecule has 4 aromatic heterocycles. The van der Waals surface area contributed by atoms with Crippen molar-refractivity contribution in [1.29, 1.82) is 0 Å². The Hall–Kier alpha value is -6.41. The van der Waals surface area contributed by atoms with Gasteiger partial charge in [-0.3, -0.25) is 14.7 Å². The molecule has 2 aliphatic heterocycles. The summed E-state index contributed by atoms with van der Waals surface area (Å²) in [6.45, 7) is 20.4. The molecular weight excluding hydrogens is 956 g/mol. The Morgan fingerprint density at radius 3 is 1.74 bits per heavy atom. The van der Waals surface area contributed by atoms with Gasteiger partial charge in [0.2, 0.25) is 23.0 Å². The predicted octanol–water partition coefficient (Wildman–Crippen LogP) is 8.96. The number of anilines is 3. The van der Waals surface area contributed by atoms with Gasteiger partial charge in [-0.1, -0.05) is 24.3 Å². The number of hydrogen-bond donors (Lipinski definition) is 4. The van der Waals surface area contributed by atoms with Crippen molar-refractivity contribution in [1.82, 2.24) is 49.7 Å². The van der Waals surface area contributed by atoms with Crippen molar-refractivity contribution in [2.24, 2.45) is 0 Å². The first-order valence-electron chi connectivity index (χ1n) is 23.9. The summed E-state index contributed by atoms with van der Waals surface area (Å²) in [5, 5.41) is 13.7. The topological polar surface area (TPSA) is 221 Å². The van der Waals surface area contributed by atoms with Gasteiger partial charge in [0.05, 0.1) is 65.8 Å². The lowest BCUT2D eigenvalue weighted by Gasteiger charge is -2.40. The summed E-state index contributed by atoms with van der Waals surface area (Å²) in [6, 6.07) is 16.1. The van der Waals surface area contributed by atoms with Crippen LogP contribution in [0.15, 0.2) is 85.7 Å². The fraction of sp³-hybridized carbons (Fsp3) is 0.442. The molecule has 72 heavy (non-hydrogen) atoms. The van der Waals surface area contributed by atoms with Gasteiger partial charge in [-0.15, -0.1) is 0 Å². The molecule has 2 aliphatic rings. The summed E-state index contributed by atoms with van der Waals surface area (Å²) in [6.07, 6.45) is 14.1. The third kappa shape index (κ3) is 17.7. The summed E-state index contributed by atoms with van der Waals surface area (Å²) in [4.78, 5) is 56.8. The number of nitrogens with two attached hydrogens (primary N) is 1. The third-order valence-corrected chi connectivity index (χ3v) is 11.2. The molecule has 2 fully saturated rings. The van der Waals surface area contributed by atoms with Gasteiger partial charge in [0.1, 0.15) is 5.60 Å². The molecule has 4 N–H and O–H groups in total. The van der Waals surface area contributed by atoms with E-state index in [0.717, 1.165) is 56.9 Å². The molecule has 0 unspecified atom stereocenters. The van der Waals surface area contributed by atoms with Crippen molar-refractivity contribution < 1.29 is 28.6 Å². The smallest absolute Gasteiger partial charge is 0.435 e. The average Bonchev–Trinajstić information content (AvgIpc) is 4.00. The molecule has 18 nitrogen and oxygen atoms in total. The number of aromatic amines is 1. The number of H-pyrrole nitrogens is 1. The highest BCUT2D eigenvalue weighted by Gasteiger charge is 2.32. The van der Waals surface area contributed by atoms with E-state index in [-0.39, 0.29) is 41.5 Å². The normalized spacial score (nSPS) is 13.4. The number of carbonyl (C=O) groups is 3. The molecule has 386 valence electrons. The van der Waals surface area contributed by atoms with Crippen LogP contribution >= 0.6 is 24.2 Å². The van der Waals surface area contributed by atoms with Gasteiger partial charge in [0.25, 0.3) is 0 Å². The van der Waals surface area contributed by atoms with Gasteiger partial charge in [-0.2, -0.15) is 27.5 Å². The maximum absolute atomic E-state index is 12.4. The number of rotatable bonds is 14. The molecular formula is C52H69ClN12O6S. The fourth-order valence-corrected chi connectivity index (χ4v) is 7.71. The van der Waals surface area contributed by atoms with Crippen molar-refractivity contribution in [3.8, 4) is 22.5 Å². The number of amides is 2. The van der Waals surface area contributed by atoms with Crippen molar-refractivity contribution in [3.63, 3.8) is 0 Å². The van der Waals surface area contributed by atoms with Crippen LogP contribution in [0.5, 0.6) is 0 Å². The number of aryl methyl sites for hydroxylation is 4. The van der Waals surface area contributed by atoms with Crippen LogP contribution in [0, 0.1) is 13.8 Å². The van der Waals surface area contributed by atoms with Gasteiger partial charge in [0, 0.05) is 68.7 Å². The molecule has 0 spiro atoms. The van der Waals surface area contributed by atoms with Crippen molar-refractivity contribution >= 4 is 59.5 Å². The van der Waals surface area contributed by atoms with Crippen LogP contribution in [-0.2, 0) is 36.6 Å². The number of hydrogen-bond acceptors (Lipinski definition) is 15. The number of aromatic nitrogens is 8. The van der Waals surface area contributed by atoms with E-state index in [1.807, 2.05) is 61.8 Å². The van der Waals surface area contributed by atoms with Gasteiger partial charge < -0.3 is 35.1 Å². The van der Waals surface area contributed by atoms with E-state index in [1.54, 1.807) is 51.8 Å². The zero-order valence-electron chi connectivity index (χ0n) is 42.9. The quantitative estimate of drug-likeness (QED) is 0.0591. The zero-order chi connectivity index (χ0) is 52.5. The standard InChI is InChI=1S/C23H28N6O2.C20H24ClN3O2.C8H13N3O2.CH4S/c1-15(2)31-20-13-29(14-20)22(30)7-6-17-4-5-18(10-16(17)3)21-8-9-24-23(28-21)27-19-11-25-26-12-19;1-13(2)26-17-11-24(12-17)19(25)7-6-15-4-5-16(10-14(15)3)18-8-9-22-20(21)23-18;1-8(2,3)13-7(12)11-5-6(9)4-10-11;1-2/h4-5,8-12,15,20H,6-7,13-14H2,1-3H3,(H,25,26)(H,24,27,28);4-5,8-10,13,17H,6-7,11-12H2,1-3H3;4-5H,9H2,1-3H3;2H,1H3. The first-order chi connectivity index (χ1) is 34.3. The average molecular weight is 1030 g/mol. The Labute approximate surface area is 433 Å². The lowest BCUT2D eigenvalue weighted by atomic mass is 9.99. The third-order valence-electron chi connectivity index (χ3n) is 11.0. The minimum atomic E-state index is -0.524. The van der Waals surface area contributed by atoms with Crippen molar-refractivity contribution in [3.05, 3.63) is 113 Å². The molecule has 0 radical (unpaired) electrons. The van der Waals surface area contributed by atoms with Gasteiger partial charge >= 0.3 is 6.09 Å². The second-order valence-electron chi connectivity index (χ2n) is 18.8. The summed E-state index contributed by atoms with van der Waals surface area (Å²) in [5.74, 6) is 0.901. The van der Waals surface area contributed by atoms with Crippen LogP contribution in [0.2, 0.25) is 5.28 Å². The van der Waals surface area contributed by atoms with Crippen LogP contribution in [0.1, 0.15) is 83.6 Å². The number of nitrogens with one attached hydrogen (secondary N) is 2. The first-order valence-corrected chi connectivity index (χ1v) is 25.2. The molecule has 0 aliphatic carbocycles. The highest BCUT2D eigenvalue weighted by molar-refractivity contribution is 7.79. The van der Waals surface area contributed by atoms with E-state index in [1.165, 1.54) is 23.5 Å². The number of thiol groups is 1. The van der Waals surface area contributed by atoms with Gasteiger partial charge in [0.15, 0.2) is 0 Å². The molecule has 20 heteroatoms. The number of halogens is 1. The zero-order valence-corrected chi connectivity index (χ0v) is 44.6. The summed E-state index contributed by atoms with van der Waals surface area (Å²) >= 11 is 9.39. The van der Waals surface area contributed by atoms with Crippen LogP contribution in [-0.4, -0.2) is 130 Å². The van der Waals surface area contributed by atoms with Crippen molar-refractivity contribution in [2.45, 2.75) is 118 Å². The summed E-state index contributed by atoms with van der Waals surface area (Å²) in [5.41, 5.74) is 14.4. The van der Waals surface area contributed by atoms with E-state index in [4.69, 9.17) is 31.5 Å². The number of ether oxygens (including phenoxy) is 3. The Kier molecular flexibility index (Phi) is 21.1. The van der Waals surface area contributed by atoms with Crippen LogP contribution in [0.3, 0.4) is 0 Å². The molecule has 2 amide bonds. The monoisotopic (exact) mass is 1020 g/mol. The fourth-order valence-electron chi connectivity index (χ4n) is 7.57. The Morgan fingerprint density at radius 1 is 0.792 bits per heavy atom. The SMILES string of the molecule is CC(C)(C)OC(=O)n1cc(N)cn1.CS.Cc1cc(-c2ccnc(Cl)n2)ccc1CCC(=O)N1CC(OC(C)C)C1.Cc1cc(-c2ccnc(Nc3cn[nH]c3)n2)ccc1CCC(=O)N1CC(OC(C)C)C1. The molecule has 6 heterocycles. The number of likely N-dealkylation sites (tertiary alicyclic amines) is 2. The minimum absolute atomic E-state index is 0.186. The van der Waals surface area contributed by atoms with Gasteiger partial charge in [-0.05, 0) is 140 Å². The number of benzene rings is 2. The minimum Gasteiger partial charge on any atom is -0.442 e. The number of nitrogens with zero attached hydrogens (tertiary/aromatic N) is 9. The number of nitrogen functional groups attached to an aromatic ring is 1. The lowest BCUT2D eigenvalue weighted by Crippen LogP contribution is -2.55. The highest BCUT2D eigenvalue weighted by atomic mass is 35.5. The molecule has 2 saturated heterocycles. The first kappa shape index (κ1) is 56.5. The Bertz CT molecular complexity index is 2680. The van der Waals surface area contributed by atoms with Gasteiger partial charge in [-0.25, -0.2) is 24.7 Å². The lowest BCUT2D eigenvalue weighted by molar-refractivity contribution is -0.148. The van der Waals surface area contributed by atoms with Crippen LogP contribution in [0.25, 0.3) is 22.5 Å². The summed E-state index contributed by atoms with van der Waals surface area (Å²) in [7, 11) is 0. The highest BCUT2D eigenvalue weighted by Crippen LogP contribution is 2.26. The summed E-state index contributed by atoms with van der Waals surface area (Å²) < 4.78 is 17.5. The second-order valence-corrected chi connectivity index (χ2v) is 19.1. The van der Waals surface area contributed by atoms with E-state index in [2.05, 4.69) is 91.3 Å². The van der Waals surface area contributed by atoms with E-state index in [0.29, 0.717) is 50.7 Å². The second kappa shape index (κ2) is 26.9. The maximum atomic E-state index is 12.4. The number of carbonyl (C=O) groups excluding carboxylic acids is 3. The van der Waals surface area contributed by atoms with Crippen LogP contribution < -0.4 is 11.1 Å². The molecule has 8 rings (SSSR count). The van der Waals surface area contributed by atoms with E-state index >= 15 is 0 Å². The molecule has 2 aromatic carbocycles. The largest absolute Gasteiger partial charge is 0.442 e. The van der Waals surface area contributed by atoms with Crippen molar-refractivity contribution in [2.75, 3.05) is 43.5 Å². The molecule has 0 bridgehead atoms. The van der Waals surface area contributed by atoms with E-state index < -0.39 is 11.7 Å². The maximum Gasteiger partial charge on any atom is 0.435 e.